The van der Waals surface area contributed by atoms with Crippen molar-refractivity contribution in [3.8, 4) is 0 Å². The zero-order valence-electron chi connectivity index (χ0n) is 22.2. The zero-order valence-corrected chi connectivity index (χ0v) is 22.2. The summed E-state index contributed by atoms with van der Waals surface area (Å²) in [4.78, 5) is 16.3. The van der Waals surface area contributed by atoms with Crippen molar-refractivity contribution >= 4 is 17.2 Å². The Labute approximate surface area is 216 Å². The fraction of sp³-hybridized carbons (Fsp3) is 0.452. The van der Waals surface area contributed by atoms with Crippen molar-refractivity contribution in [2.75, 3.05) is 0 Å². The smallest absolute Gasteiger partial charge is 0.341 e. The molecule has 4 rings (SSSR count). The van der Waals surface area contributed by atoms with Crippen LogP contribution in [0.2, 0.25) is 0 Å². The molecule has 0 spiro atoms. The highest BCUT2D eigenvalue weighted by Gasteiger charge is 2.25. The van der Waals surface area contributed by atoms with Gasteiger partial charge in [0.05, 0.1) is 11.9 Å². The quantitative estimate of drug-likeness (QED) is 0.379. The summed E-state index contributed by atoms with van der Waals surface area (Å²) < 4.78 is 1.81. The lowest BCUT2D eigenvalue weighted by Crippen LogP contribution is -2.12. The number of hydrogen-bond donors (Lipinski definition) is 1. The molecule has 5 heteroatoms. The topological polar surface area (TPSA) is 67.5 Å². The Hall–Kier alpha value is -3.21. The average molecular weight is 488 g/mol. The van der Waals surface area contributed by atoms with E-state index in [1.165, 1.54) is 48.6 Å². The van der Waals surface area contributed by atoms with Gasteiger partial charge in [-0.05, 0) is 62.2 Å². The molecule has 36 heavy (non-hydrogen) atoms. The Morgan fingerprint density at radius 2 is 1.86 bits per heavy atom. The van der Waals surface area contributed by atoms with Crippen LogP contribution in [0.1, 0.15) is 113 Å². The van der Waals surface area contributed by atoms with E-state index in [1.807, 2.05) is 24.6 Å². The van der Waals surface area contributed by atoms with Crippen molar-refractivity contribution in [3.05, 3.63) is 83.4 Å². The Morgan fingerprint density at radius 3 is 2.56 bits per heavy atom. The average Bonchev–Trinajstić information content (AvgIpc) is 3.06. The number of aromatic nitrogens is 3. The molecule has 0 saturated heterocycles. The summed E-state index contributed by atoms with van der Waals surface area (Å²) in [5.41, 5.74) is 6.51. The van der Waals surface area contributed by atoms with Gasteiger partial charge in [-0.25, -0.2) is 14.3 Å². The highest BCUT2D eigenvalue weighted by Crippen LogP contribution is 2.37. The number of hydrogen-bond acceptors (Lipinski definition) is 3. The van der Waals surface area contributed by atoms with Gasteiger partial charge in [-0.15, -0.1) is 0 Å². The van der Waals surface area contributed by atoms with E-state index in [0.717, 1.165) is 49.8 Å². The maximum atomic E-state index is 11.7. The molecule has 1 fully saturated rings. The molecular weight excluding hydrogens is 446 g/mol. The molecule has 0 unspecified atom stereocenters. The SMILES string of the molecule is C=C(CCC/C(=C\C)c1cnc2c(C(=O)O)cnn2c1C1CCCCCC1)C1=CCC=CC=C1.CC. The van der Waals surface area contributed by atoms with Gasteiger partial charge in [-0.3, -0.25) is 0 Å². The van der Waals surface area contributed by atoms with Crippen LogP contribution in [-0.2, 0) is 0 Å². The molecule has 1 saturated carbocycles. The number of rotatable bonds is 8. The van der Waals surface area contributed by atoms with Crippen molar-refractivity contribution in [1.29, 1.82) is 0 Å². The number of allylic oxidation sites excluding steroid dienone is 9. The second kappa shape index (κ2) is 13.8. The third kappa shape index (κ3) is 6.51. The maximum Gasteiger partial charge on any atom is 0.341 e. The third-order valence-electron chi connectivity index (χ3n) is 7.06. The molecule has 2 aliphatic carbocycles. The van der Waals surface area contributed by atoms with Gasteiger partial charge < -0.3 is 5.11 Å². The second-order valence-corrected chi connectivity index (χ2v) is 9.30. The number of fused-ring (bicyclic) bond motifs is 1. The van der Waals surface area contributed by atoms with Crippen molar-refractivity contribution < 1.29 is 9.90 Å². The summed E-state index contributed by atoms with van der Waals surface area (Å²) in [6.07, 6.45) is 27.1. The molecule has 0 amide bonds. The number of aromatic carboxylic acids is 1. The van der Waals surface area contributed by atoms with Crippen LogP contribution in [0.25, 0.3) is 11.2 Å². The van der Waals surface area contributed by atoms with Gasteiger partial charge in [-0.2, -0.15) is 5.10 Å². The van der Waals surface area contributed by atoms with Crippen LogP contribution in [0.5, 0.6) is 0 Å². The predicted molar refractivity (Wildman–Crippen MR) is 149 cm³/mol. The number of carboxylic acids is 1. The summed E-state index contributed by atoms with van der Waals surface area (Å²) in [5, 5.41) is 14.1. The summed E-state index contributed by atoms with van der Waals surface area (Å²) in [6.45, 7) is 10.4. The standard InChI is InChI=1S/C29H35N3O2.C2H6/c1-3-22(18-12-13-21(2)23-14-8-4-5-9-15-23)25-19-30-28-26(29(33)34)20-31-32(28)27(25)24-16-10-6-7-11-17-24;1-2/h3-5,8,14-15,19-20,24H,2,6-7,9-13,16-18H2,1H3,(H,33,34);1-2H3/b22-3+;. The van der Waals surface area contributed by atoms with Crippen molar-refractivity contribution in [3.63, 3.8) is 0 Å². The molecule has 2 aromatic rings. The fourth-order valence-corrected chi connectivity index (χ4v) is 5.21. The molecule has 5 nitrogen and oxygen atoms in total. The van der Waals surface area contributed by atoms with E-state index in [-0.39, 0.29) is 5.56 Å². The van der Waals surface area contributed by atoms with Crippen LogP contribution in [-0.4, -0.2) is 25.7 Å². The van der Waals surface area contributed by atoms with Crippen LogP contribution in [0.15, 0.2) is 66.6 Å². The van der Waals surface area contributed by atoms with E-state index >= 15 is 0 Å². The number of nitrogens with zero attached hydrogens (tertiary/aromatic N) is 3. The molecular formula is C31H41N3O2. The van der Waals surface area contributed by atoms with E-state index in [2.05, 4.69) is 60.0 Å². The largest absolute Gasteiger partial charge is 0.477 e. The first-order valence-electron chi connectivity index (χ1n) is 13.6. The molecule has 2 heterocycles. The monoisotopic (exact) mass is 487 g/mol. The van der Waals surface area contributed by atoms with E-state index < -0.39 is 5.97 Å². The van der Waals surface area contributed by atoms with Gasteiger partial charge in [0.15, 0.2) is 5.65 Å². The highest BCUT2D eigenvalue weighted by atomic mass is 16.4. The van der Waals surface area contributed by atoms with Gasteiger partial charge in [-0.1, -0.05) is 82.6 Å². The fourth-order valence-electron chi connectivity index (χ4n) is 5.21. The Kier molecular flexibility index (Phi) is 10.5. The minimum Gasteiger partial charge on any atom is -0.477 e. The third-order valence-corrected chi connectivity index (χ3v) is 7.06. The highest BCUT2D eigenvalue weighted by molar-refractivity contribution is 5.94. The molecule has 0 aliphatic heterocycles. The van der Waals surface area contributed by atoms with Crippen molar-refractivity contribution in [1.82, 2.24) is 14.6 Å². The first-order chi connectivity index (χ1) is 17.6. The van der Waals surface area contributed by atoms with Crippen LogP contribution < -0.4 is 0 Å². The lowest BCUT2D eigenvalue weighted by Gasteiger charge is -2.21. The minimum atomic E-state index is -0.982. The molecule has 0 atom stereocenters. The molecule has 1 N–H and O–H groups in total. The van der Waals surface area contributed by atoms with Gasteiger partial charge in [0.25, 0.3) is 0 Å². The second-order valence-electron chi connectivity index (χ2n) is 9.30. The maximum absolute atomic E-state index is 11.7. The lowest BCUT2D eigenvalue weighted by atomic mass is 9.88. The van der Waals surface area contributed by atoms with Gasteiger partial charge >= 0.3 is 5.97 Å². The zero-order chi connectivity index (χ0) is 25.9. The van der Waals surface area contributed by atoms with Gasteiger partial charge in [0.2, 0.25) is 0 Å². The van der Waals surface area contributed by atoms with E-state index in [1.54, 1.807) is 0 Å². The van der Waals surface area contributed by atoms with Crippen LogP contribution in [0.4, 0.5) is 0 Å². The number of carboxylic acid groups (broad SMARTS) is 1. The Bertz CT molecular complexity index is 1170. The van der Waals surface area contributed by atoms with Crippen LogP contribution in [0, 0.1) is 0 Å². The summed E-state index contributed by atoms with van der Waals surface area (Å²) >= 11 is 0. The van der Waals surface area contributed by atoms with E-state index in [0.29, 0.717) is 11.6 Å². The van der Waals surface area contributed by atoms with Crippen LogP contribution in [0.3, 0.4) is 0 Å². The van der Waals surface area contributed by atoms with Gasteiger partial charge in [0.1, 0.15) is 5.56 Å². The summed E-state index contributed by atoms with van der Waals surface area (Å²) in [7, 11) is 0. The van der Waals surface area contributed by atoms with Crippen molar-refractivity contribution in [2.24, 2.45) is 0 Å². The molecule has 192 valence electrons. The predicted octanol–water partition coefficient (Wildman–Crippen LogP) is 8.46. The molecule has 0 radical (unpaired) electrons. The molecule has 2 aromatic heterocycles. The van der Waals surface area contributed by atoms with Crippen LogP contribution >= 0.6 is 0 Å². The molecule has 0 bridgehead atoms. The molecule has 2 aliphatic rings. The van der Waals surface area contributed by atoms with E-state index in [4.69, 9.17) is 0 Å². The summed E-state index contributed by atoms with van der Waals surface area (Å²) in [6, 6.07) is 0. The van der Waals surface area contributed by atoms with E-state index in [9.17, 15) is 9.90 Å². The lowest BCUT2D eigenvalue weighted by molar-refractivity contribution is 0.0698. The van der Waals surface area contributed by atoms with Gasteiger partial charge in [0, 0.05) is 17.7 Å². The molecule has 0 aromatic carbocycles. The summed E-state index contributed by atoms with van der Waals surface area (Å²) in [5.74, 6) is -0.618. The van der Waals surface area contributed by atoms with Crippen molar-refractivity contribution in [2.45, 2.75) is 90.9 Å². The Balaban J connectivity index is 0.00000176. The first kappa shape index (κ1) is 27.4. The first-order valence-corrected chi connectivity index (χ1v) is 13.6. The Morgan fingerprint density at radius 1 is 1.11 bits per heavy atom. The minimum absolute atomic E-state index is 0.166. The number of carbonyl (C=O) groups is 1. The normalized spacial score (nSPS) is 16.6.